The van der Waals surface area contributed by atoms with Crippen molar-refractivity contribution in [3.63, 3.8) is 0 Å². The van der Waals surface area contributed by atoms with Crippen molar-refractivity contribution in [1.82, 2.24) is 10.2 Å². The summed E-state index contributed by atoms with van der Waals surface area (Å²) >= 11 is 0. The Bertz CT molecular complexity index is 893. The Morgan fingerprint density at radius 3 is 2.31 bits per heavy atom. The van der Waals surface area contributed by atoms with E-state index >= 15 is 0 Å². The second-order valence-electron chi connectivity index (χ2n) is 8.00. The minimum absolute atomic E-state index is 0.141. The predicted octanol–water partition coefficient (Wildman–Crippen LogP) is 3.56. The number of methoxy groups -OCH3 is 2. The molecule has 2 aromatic rings. The molecule has 7 nitrogen and oxygen atoms in total. The molecular weight excluding hydrogens is 408 g/mol. The molecule has 0 bridgehead atoms. The molecule has 0 aromatic heterocycles. The van der Waals surface area contributed by atoms with Crippen molar-refractivity contribution in [3.8, 4) is 17.2 Å². The van der Waals surface area contributed by atoms with Crippen LogP contribution in [0, 0.1) is 0 Å². The van der Waals surface area contributed by atoms with Gasteiger partial charge in [-0.15, -0.1) is 0 Å². The molecule has 1 saturated carbocycles. The topological polar surface area (TPSA) is 77.1 Å². The number of carbonyl (C=O) groups excluding carboxylic acids is 2. The van der Waals surface area contributed by atoms with Gasteiger partial charge in [0, 0.05) is 12.6 Å². The highest BCUT2D eigenvalue weighted by Gasteiger charge is 2.28. The third kappa shape index (κ3) is 6.39. The van der Waals surface area contributed by atoms with Gasteiger partial charge in [-0.05, 0) is 61.7 Å². The van der Waals surface area contributed by atoms with Crippen molar-refractivity contribution in [3.05, 3.63) is 54.1 Å². The molecule has 1 N–H and O–H groups in total. The molecule has 0 unspecified atom stereocenters. The lowest BCUT2D eigenvalue weighted by Crippen LogP contribution is -2.50. The fourth-order valence-corrected chi connectivity index (χ4v) is 3.84. The predicted molar refractivity (Wildman–Crippen MR) is 122 cm³/mol. The van der Waals surface area contributed by atoms with Crippen LogP contribution in [0.15, 0.2) is 48.5 Å². The monoisotopic (exact) mass is 440 g/mol. The lowest BCUT2D eigenvalue weighted by Gasteiger charge is -2.29. The van der Waals surface area contributed by atoms with Crippen molar-refractivity contribution in [2.24, 2.45) is 0 Å². The minimum Gasteiger partial charge on any atom is -0.497 e. The van der Waals surface area contributed by atoms with Gasteiger partial charge in [-0.2, -0.15) is 0 Å². The molecule has 1 aliphatic rings. The third-order valence-electron chi connectivity index (χ3n) is 5.78. The number of amides is 2. The van der Waals surface area contributed by atoms with E-state index < -0.39 is 6.04 Å². The number of carbonyl (C=O) groups is 2. The Morgan fingerprint density at radius 1 is 1.00 bits per heavy atom. The van der Waals surface area contributed by atoms with Crippen LogP contribution in [-0.2, 0) is 16.1 Å². The van der Waals surface area contributed by atoms with Crippen molar-refractivity contribution in [1.29, 1.82) is 0 Å². The first-order valence-electron chi connectivity index (χ1n) is 11.0. The maximum atomic E-state index is 13.1. The first kappa shape index (κ1) is 23.4. The summed E-state index contributed by atoms with van der Waals surface area (Å²) in [7, 11) is 3.19. The van der Waals surface area contributed by atoms with Crippen molar-refractivity contribution in [2.45, 2.75) is 51.2 Å². The van der Waals surface area contributed by atoms with Gasteiger partial charge in [-0.25, -0.2) is 0 Å². The van der Waals surface area contributed by atoms with Gasteiger partial charge in [-0.3, -0.25) is 9.59 Å². The van der Waals surface area contributed by atoms with Gasteiger partial charge in [0.2, 0.25) is 5.91 Å². The Hall–Kier alpha value is -3.22. The maximum absolute atomic E-state index is 13.1. The van der Waals surface area contributed by atoms with Crippen LogP contribution in [0.1, 0.15) is 38.2 Å². The molecule has 172 valence electrons. The second kappa shape index (κ2) is 11.4. The summed E-state index contributed by atoms with van der Waals surface area (Å²) in [6, 6.07) is 14.1. The summed E-state index contributed by atoms with van der Waals surface area (Å²) in [5, 5.41) is 3.10. The summed E-state index contributed by atoms with van der Waals surface area (Å²) in [6.07, 6.45) is 4.23. The molecule has 0 spiro atoms. The zero-order chi connectivity index (χ0) is 22.9. The lowest BCUT2D eigenvalue weighted by molar-refractivity contribution is -0.142. The summed E-state index contributed by atoms with van der Waals surface area (Å²) in [4.78, 5) is 27.6. The van der Waals surface area contributed by atoms with Crippen LogP contribution in [0.5, 0.6) is 17.2 Å². The van der Waals surface area contributed by atoms with E-state index in [0.717, 1.165) is 31.2 Å². The Balaban J connectivity index is 1.71. The summed E-state index contributed by atoms with van der Waals surface area (Å²) in [6.45, 7) is 1.87. The normalized spacial score (nSPS) is 14.5. The van der Waals surface area contributed by atoms with E-state index in [0.29, 0.717) is 17.2 Å². The van der Waals surface area contributed by atoms with Crippen molar-refractivity contribution in [2.75, 3.05) is 20.8 Å². The molecule has 2 amide bonds. The summed E-state index contributed by atoms with van der Waals surface area (Å²) in [5.74, 6) is 1.56. The van der Waals surface area contributed by atoms with Gasteiger partial charge >= 0.3 is 0 Å². The van der Waals surface area contributed by atoms with Gasteiger partial charge in [0.25, 0.3) is 5.91 Å². The highest BCUT2D eigenvalue weighted by Crippen LogP contribution is 2.20. The Kier molecular flexibility index (Phi) is 8.36. The average Bonchev–Trinajstić information content (AvgIpc) is 3.34. The molecule has 1 fully saturated rings. The standard InChI is InChI=1S/C25H32N2O5/c1-18(25(29)26-20-8-4-5-9-20)27(16-19-7-6-10-23(15-19)31-3)24(28)17-32-22-13-11-21(30-2)12-14-22/h6-7,10-15,18,20H,4-5,8-9,16-17H2,1-3H3,(H,26,29)/t18-/m1/s1. The van der Waals surface area contributed by atoms with Gasteiger partial charge in [0.1, 0.15) is 23.3 Å². The molecule has 1 aliphatic carbocycles. The molecule has 0 heterocycles. The smallest absolute Gasteiger partial charge is 0.261 e. The van der Waals surface area contributed by atoms with E-state index in [1.807, 2.05) is 24.3 Å². The molecule has 2 aromatic carbocycles. The Labute approximate surface area is 189 Å². The molecule has 0 radical (unpaired) electrons. The molecule has 3 rings (SSSR count). The number of hydrogen-bond acceptors (Lipinski definition) is 5. The lowest BCUT2D eigenvalue weighted by atomic mass is 10.1. The fraction of sp³-hybridized carbons (Fsp3) is 0.440. The van der Waals surface area contributed by atoms with Crippen molar-refractivity contribution >= 4 is 11.8 Å². The van der Waals surface area contributed by atoms with E-state index in [9.17, 15) is 9.59 Å². The van der Waals surface area contributed by atoms with Gasteiger partial charge in [-0.1, -0.05) is 25.0 Å². The molecule has 1 atom stereocenters. The number of nitrogens with zero attached hydrogens (tertiary/aromatic N) is 1. The van der Waals surface area contributed by atoms with Crippen LogP contribution in [0.25, 0.3) is 0 Å². The zero-order valence-corrected chi connectivity index (χ0v) is 19.0. The number of ether oxygens (including phenoxy) is 3. The van der Waals surface area contributed by atoms with Gasteiger partial charge in [0.05, 0.1) is 14.2 Å². The van der Waals surface area contributed by atoms with Crippen LogP contribution >= 0.6 is 0 Å². The van der Waals surface area contributed by atoms with Crippen LogP contribution in [0.3, 0.4) is 0 Å². The number of hydrogen-bond donors (Lipinski definition) is 1. The van der Waals surface area contributed by atoms with Gasteiger partial charge < -0.3 is 24.4 Å². The van der Waals surface area contributed by atoms with E-state index in [4.69, 9.17) is 14.2 Å². The molecule has 7 heteroatoms. The van der Waals surface area contributed by atoms with Crippen LogP contribution in [0.4, 0.5) is 0 Å². The van der Waals surface area contributed by atoms with E-state index in [1.54, 1.807) is 50.3 Å². The highest BCUT2D eigenvalue weighted by molar-refractivity contribution is 5.88. The first-order chi connectivity index (χ1) is 15.5. The molecule has 0 aliphatic heterocycles. The average molecular weight is 441 g/mol. The van der Waals surface area contributed by atoms with Crippen LogP contribution in [-0.4, -0.2) is 49.6 Å². The third-order valence-corrected chi connectivity index (χ3v) is 5.78. The second-order valence-corrected chi connectivity index (χ2v) is 8.00. The number of benzene rings is 2. The summed E-state index contributed by atoms with van der Waals surface area (Å²) in [5.41, 5.74) is 0.877. The van der Waals surface area contributed by atoms with Crippen molar-refractivity contribution < 1.29 is 23.8 Å². The summed E-state index contributed by atoms with van der Waals surface area (Å²) < 4.78 is 16.1. The first-order valence-corrected chi connectivity index (χ1v) is 11.0. The highest BCUT2D eigenvalue weighted by atomic mass is 16.5. The Morgan fingerprint density at radius 2 is 1.66 bits per heavy atom. The van der Waals surface area contributed by atoms with Crippen LogP contribution in [0.2, 0.25) is 0 Å². The van der Waals surface area contributed by atoms with E-state index in [-0.39, 0.29) is 31.0 Å². The molecular formula is C25H32N2O5. The fourth-order valence-electron chi connectivity index (χ4n) is 3.84. The molecule has 32 heavy (non-hydrogen) atoms. The molecule has 0 saturated heterocycles. The quantitative estimate of drug-likeness (QED) is 0.611. The zero-order valence-electron chi connectivity index (χ0n) is 19.0. The minimum atomic E-state index is -0.631. The number of nitrogens with one attached hydrogen (secondary N) is 1. The largest absolute Gasteiger partial charge is 0.497 e. The SMILES string of the molecule is COc1ccc(OCC(=O)N(Cc2cccc(OC)c2)[C@H](C)C(=O)NC2CCCC2)cc1. The van der Waals surface area contributed by atoms with Gasteiger partial charge in [0.15, 0.2) is 6.61 Å². The van der Waals surface area contributed by atoms with Crippen LogP contribution < -0.4 is 19.5 Å². The van der Waals surface area contributed by atoms with E-state index in [2.05, 4.69) is 5.32 Å². The van der Waals surface area contributed by atoms with E-state index in [1.165, 1.54) is 0 Å². The maximum Gasteiger partial charge on any atom is 0.261 e. The number of rotatable bonds is 10.